The van der Waals surface area contributed by atoms with Crippen LogP contribution in [0.3, 0.4) is 0 Å². The summed E-state index contributed by atoms with van der Waals surface area (Å²) >= 11 is 0. The van der Waals surface area contributed by atoms with Gasteiger partial charge in [0.05, 0.1) is 45.2 Å². The number of allylic oxidation sites excluding steroid dienone is 3. The fraction of sp³-hybridized carbons (Fsp3) is 0.900. The highest BCUT2D eigenvalue weighted by Crippen LogP contribution is 2.65. The Labute approximate surface area is 442 Å². The van der Waals surface area contributed by atoms with Crippen LogP contribution < -0.4 is 0 Å². The maximum Gasteiger partial charge on any atom is 0.187 e. The van der Waals surface area contributed by atoms with Gasteiger partial charge in [0.25, 0.3) is 0 Å². The minimum absolute atomic E-state index is 0.0933. The van der Waals surface area contributed by atoms with Crippen molar-refractivity contribution in [3.8, 4) is 0 Å². The van der Waals surface area contributed by atoms with Crippen molar-refractivity contribution in [3.05, 3.63) is 23.3 Å². The molecule has 440 valence electrons. The molecule has 5 saturated heterocycles. The zero-order valence-electron chi connectivity index (χ0n) is 42.8. The molecule has 0 aromatic carbocycles. The average molecular weight is 1110 g/mol. The van der Waals surface area contributed by atoms with Crippen LogP contribution in [0.2, 0.25) is 0 Å². The molecule has 5 heterocycles. The molecule has 31 atom stereocenters. The number of fused-ring (bicyclic) bond motifs is 5. The number of hydrogen-bond acceptors (Lipinski definition) is 27. The number of carbonyl (C=O) groups excluding carboxylic acids is 1. The highest BCUT2D eigenvalue weighted by molar-refractivity contribution is 5.95. The minimum atomic E-state index is -2.21. The Morgan fingerprint density at radius 1 is 0.519 bits per heavy atom. The maximum atomic E-state index is 12.6. The molecule has 0 aromatic heterocycles. The summed E-state index contributed by atoms with van der Waals surface area (Å²) in [6, 6.07) is 0. The van der Waals surface area contributed by atoms with Crippen LogP contribution in [-0.2, 0) is 52.2 Å². The second-order valence-corrected chi connectivity index (χ2v) is 22.8. The van der Waals surface area contributed by atoms with E-state index in [9.17, 15) is 86.5 Å². The summed E-state index contributed by atoms with van der Waals surface area (Å²) in [5.74, 6) is 0.878. The SMILES string of the molecule is CC(=O)C1=CC[C@H]2[C@@H]3CC=C4C[C@@H](O[C@@H]5O[C@H](CO)[C@H](O[C@@H]6O[C@H](CO)[C@@H](O)[C@H](O[C@@H]7OC[C@@H](O)[C@H](O)[C@H]7O)[C@H]6O[C@@H]6O[C@H](CO)[C@@H](O)[C@H](O[C@@H]7O[C@H](CO)[C@@H](O)[C@H](O)[C@H]7O)[C@H]6O)[C@H](O)[C@H]5O)[C@H](O)C[C@]4(C)[C@H]3CC[C@]12C. The van der Waals surface area contributed by atoms with Gasteiger partial charge in [-0.3, -0.25) is 4.79 Å². The van der Waals surface area contributed by atoms with Gasteiger partial charge in [0.15, 0.2) is 37.2 Å². The second kappa shape index (κ2) is 23.8. The maximum absolute atomic E-state index is 12.6. The van der Waals surface area contributed by atoms with E-state index in [1.807, 2.05) is 0 Å². The van der Waals surface area contributed by atoms with Gasteiger partial charge in [-0.25, -0.2) is 0 Å². The predicted octanol–water partition coefficient (Wildman–Crippen LogP) is -6.83. The van der Waals surface area contributed by atoms with Crippen molar-refractivity contribution in [1.29, 1.82) is 0 Å². The molecule has 0 aromatic rings. The number of ketones is 1. The zero-order chi connectivity index (χ0) is 55.7. The number of hydrogen-bond donors (Lipinski definition) is 16. The summed E-state index contributed by atoms with van der Waals surface area (Å²) in [5.41, 5.74) is 1.34. The first kappa shape index (κ1) is 59.7. The minimum Gasteiger partial charge on any atom is -0.394 e. The van der Waals surface area contributed by atoms with Crippen LogP contribution in [0.25, 0.3) is 0 Å². The smallest absolute Gasteiger partial charge is 0.187 e. The molecular weight excluding hydrogens is 1030 g/mol. The molecule has 0 unspecified atom stereocenters. The van der Waals surface area contributed by atoms with Crippen molar-refractivity contribution in [1.82, 2.24) is 0 Å². The van der Waals surface area contributed by atoms with Crippen molar-refractivity contribution >= 4 is 5.78 Å². The monoisotopic (exact) mass is 1110 g/mol. The van der Waals surface area contributed by atoms with Gasteiger partial charge in [0.2, 0.25) is 0 Å². The average Bonchev–Trinajstić information content (AvgIpc) is 3.99. The number of rotatable bonds is 15. The van der Waals surface area contributed by atoms with Gasteiger partial charge in [-0.2, -0.15) is 0 Å². The summed E-state index contributed by atoms with van der Waals surface area (Å²) in [4.78, 5) is 12.6. The Morgan fingerprint density at radius 3 is 1.70 bits per heavy atom. The molecule has 0 bridgehead atoms. The third-order valence-corrected chi connectivity index (χ3v) is 18.3. The van der Waals surface area contributed by atoms with Gasteiger partial charge in [-0.15, -0.1) is 0 Å². The van der Waals surface area contributed by atoms with Crippen LogP contribution in [0, 0.1) is 28.6 Å². The Kier molecular flexibility index (Phi) is 18.4. The normalized spacial score (nSPS) is 53.2. The lowest BCUT2D eigenvalue weighted by Gasteiger charge is -2.58. The molecule has 2 saturated carbocycles. The Bertz CT molecular complexity index is 2080. The summed E-state index contributed by atoms with van der Waals surface area (Å²) in [5, 5.41) is 174. The highest BCUT2D eigenvalue weighted by Gasteiger charge is 2.61. The fourth-order valence-corrected chi connectivity index (χ4v) is 13.9. The molecule has 4 aliphatic carbocycles. The van der Waals surface area contributed by atoms with Crippen LogP contribution in [0.4, 0.5) is 0 Å². The number of aliphatic hydroxyl groups is 16. The van der Waals surface area contributed by atoms with Crippen molar-refractivity contribution < 1.29 is 134 Å². The van der Waals surface area contributed by atoms with E-state index < -0.39 is 198 Å². The number of carbonyl (C=O) groups is 1. The van der Waals surface area contributed by atoms with E-state index >= 15 is 0 Å². The molecule has 27 nitrogen and oxygen atoms in total. The quantitative estimate of drug-likeness (QED) is 0.0678. The van der Waals surface area contributed by atoms with Gasteiger partial charge < -0.3 is 129 Å². The summed E-state index contributed by atoms with van der Waals surface area (Å²) in [6.45, 7) is 1.58. The molecule has 27 heteroatoms. The van der Waals surface area contributed by atoms with Crippen molar-refractivity contribution in [3.63, 3.8) is 0 Å². The molecule has 77 heavy (non-hydrogen) atoms. The van der Waals surface area contributed by atoms with Crippen molar-refractivity contribution in [2.45, 2.75) is 219 Å². The highest BCUT2D eigenvalue weighted by atomic mass is 16.8. The first-order valence-corrected chi connectivity index (χ1v) is 26.5. The summed E-state index contributed by atoms with van der Waals surface area (Å²) in [7, 11) is 0. The molecule has 0 radical (unpaired) electrons. The summed E-state index contributed by atoms with van der Waals surface area (Å²) < 4.78 is 59.0. The van der Waals surface area contributed by atoms with Gasteiger partial charge in [-0.1, -0.05) is 31.6 Å². The predicted molar refractivity (Wildman–Crippen MR) is 250 cm³/mol. The van der Waals surface area contributed by atoms with Crippen molar-refractivity contribution in [2.24, 2.45) is 28.6 Å². The Hall–Kier alpha value is -1.89. The van der Waals surface area contributed by atoms with Crippen LogP contribution in [-0.4, -0.2) is 280 Å². The molecule has 5 aliphatic heterocycles. The second-order valence-electron chi connectivity index (χ2n) is 22.8. The first-order chi connectivity index (χ1) is 36.5. The molecule has 9 aliphatic rings. The van der Waals surface area contributed by atoms with E-state index in [1.165, 1.54) is 0 Å². The third kappa shape index (κ3) is 10.9. The van der Waals surface area contributed by atoms with E-state index in [1.54, 1.807) is 6.92 Å². The van der Waals surface area contributed by atoms with Gasteiger partial charge >= 0.3 is 0 Å². The molecule has 0 spiro atoms. The molecule has 16 N–H and O–H groups in total. The number of aliphatic hydroxyl groups excluding tert-OH is 16. The van der Waals surface area contributed by atoms with Crippen LogP contribution in [0.5, 0.6) is 0 Å². The topological polar surface area (TPSA) is 433 Å². The van der Waals surface area contributed by atoms with E-state index in [0.29, 0.717) is 6.42 Å². The number of ether oxygens (including phenoxy) is 10. The van der Waals surface area contributed by atoms with Crippen LogP contribution >= 0.6 is 0 Å². The van der Waals surface area contributed by atoms with Crippen LogP contribution in [0.15, 0.2) is 23.3 Å². The van der Waals surface area contributed by atoms with E-state index in [2.05, 4.69) is 26.0 Å². The van der Waals surface area contributed by atoms with Crippen molar-refractivity contribution in [2.75, 3.05) is 33.0 Å². The van der Waals surface area contributed by atoms with Gasteiger partial charge in [-0.05, 0) is 79.6 Å². The molecule has 9 rings (SSSR count). The largest absolute Gasteiger partial charge is 0.394 e. The lowest BCUT2D eigenvalue weighted by Crippen LogP contribution is -2.69. The fourth-order valence-electron chi connectivity index (χ4n) is 13.9. The van der Waals surface area contributed by atoms with E-state index in [4.69, 9.17) is 47.4 Å². The lowest BCUT2D eigenvalue weighted by atomic mass is 9.47. The summed E-state index contributed by atoms with van der Waals surface area (Å²) in [6.07, 6.45) is -39.3. The standard InChI is InChI=1S/C50H78O27/c1-17(55)20-6-7-21-19-5-4-18-10-25(23(56)11-50(18,3)22(19)8-9-49(20,21)2)69-45-38(66)35(63)40(29(15-54)73-45)74-48-43(42(33(61)28(14-53)72-48)76-44-36(64)30(58)24(57)16-68-44)77-47-39(67)41(32(60)27(13-52)71-47)75-46-37(65)34(62)31(59)26(12-51)70-46/h4,6,19,21-48,51-54,56-67H,5,7-16H2,1-3H3/t19-,21-,22-,23+,24+,25+,26+,27+,28+,29+,30-,31+,32+,33+,34-,35+,36+,37+,38+,39+,40-,41-,42-,43+,44-,45+,46-,47-,48-,49+,50-/m0/s1. The van der Waals surface area contributed by atoms with Gasteiger partial charge in [0, 0.05) is 0 Å². The lowest BCUT2D eigenvalue weighted by molar-refractivity contribution is -0.409. The van der Waals surface area contributed by atoms with Crippen LogP contribution in [0.1, 0.15) is 59.3 Å². The van der Waals surface area contributed by atoms with E-state index in [0.717, 1.165) is 36.8 Å². The Morgan fingerprint density at radius 2 is 1.05 bits per heavy atom. The number of Topliss-reactive ketones (excluding diaryl/α,β-unsaturated/α-hetero) is 1. The van der Waals surface area contributed by atoms with Gasteiger partial charge in [0.1, 0.15) is 116 Å². The third-order valence-electron chi connectivity index (χ3n) is 18.3. The van der Waals surface area contributed by atoms with E-state index in [-0.39, 0.29) is 35.4 Å². The Balaban J connectivity index is 0.946. The molecular formula is C50H78O27. The molecule has 7 fully saturated rings. The first-order valence-electron chi connectivity index (χ1n) is 26.5. The molecule has 0 amide bonds. The zero-order valence-corrected chi connectivity index (χ0v) is 42.8.